The van der Waals surface area contributed by atoms with Crippen LogP contribution in [0.3, 0.4) is 0 Å². The number of anilines is 1. The number of amides is 1. The number of nitrogens with zero attached hydrogens (tertiary/aromatic N) is 2. The van der Waals surface area contributed by atoms with Crippen molar-refractivity contribution < 1.29 is 9.18 Å². The first-order valence-electron chi connectivity index (χ1n) is 7.69. The second kappa shape index (κ2) is 7.27. The fourth-order valence-electron chi connectivity index (χ4n) is 2.54. The van der Waals surface area contributed by atoms with Gasteiger partial charge in [0.1, 0.15) is 5.82 Å². The Morgan fingerprint density at radius 1 is 1.21 bits per heavy atom. The maximum atomic E-state index is 13.6. The minimum atomic E-state index is -0.255. The van der Waals surface area contributed by atoms with Crippen LogP contribution in [0.15, 0.2) is 35.7 Å². The van der Waals surface area contributed by atoms with Crippen LogP contribution in [0, 0.1) is 12.7 Å². The van der Waals surface area contributed by atoms with E-state index in [-0.39, 0.29) is 11.7 Å². The molecule has 0 aliphatic carbocycles. The average molecular weight is 363 g/mol. The molecule has 0 atom stereocenters. The lowest BCUT2D eigenvalue weighted by molar-refractivity contribution is 0.0698. The highest BCUT2D eigenvalue weighted by atomic mass is 32.1. The number of halogens is 1. The van der Waals surface area contributed by atoms with Gasteiger partial charge in [-0.15, -0.1) is 11.3 Å². The summed E-state index contributed by atoms with van der Waals surface area (Å²) >= 11 is 6.86. The molecule has 126 valence electrons. The molecule has 1 fully saturated rings. The number of rotatable bonds is 2. The summed E-state index contributed by atoms with van der Waals surface area (Å²) in [4.78, 5) is 16.9. The molecule has 0 bridgehead atoms. The van der Waals surface area contributed by atoms with Crippen molar-refractivity contribution >= 4 is 40.3 Å². The van der Waals surface area contributed by atoms with Crippen LogP contribution in [0.2, 0.25) is 0 Å². The summed E-state index contributed by atoms with van der Waals surface area (Å²) in [6.07, 6.45) is 0. The number of piperazine rings is 1. The lowest BCUT2D eigenvalue weighted by Crippen LogP contribution is -2.51. The standard InChI is InChI=1S/C17H18FN3OS2/c1-12-4-5-13(11-14(12)18)19-17(23)21-8-6-20(7-9-21)16(22)15-3-2-10-24-15/h2-5,10-11H,6-9H2,1H3,(H,19,23). The molecule has 0 unspecified atom stereocenters. The first kappa shape index (κ1) is 16.9. The van der Waals surface area contributed by atoms with Gasteiger partial charge >= 0.3 is 0 Å². The van der Waals surface area contributed by atoms with E-state index in [1.807, 2.05) is 27.3 Å². The molecule has 2 heterocycles. The van der Waals surface area contributed by atoms with E-state index in [4.69, 9.17) is 12.2 Å². The van der Waals surface area contributed by atoms with Crippen molar-refractivity contribution in [2.75, 3.05) is 31.5 Å². The molecule has 1 aliphatic heterocycles. The normalized spacial score (nSPS) is 14.6. The molecule has 1 saturated heterocycles. The highest BCUT2D eigenvalue weighted by molar-refractivity contribution is 7.80. The Morgan fingerprint density at radius 2 is 1.92 bits per heavy atom. The molecular weight excluding hydrogens is 345 g/mol. The van der Waals surface area contributed by atoms with Crippen molar-refractivity contribution in [2.45, 2.75) is 6.92 Å². The quantitative estimate of drug-likeness (QED) is 0.830. The van der Waals surface area contributed by atoms with Crippen LogP contribution in [0.4, 0.5) is 10.1 Å². The monoisotopic (exact) mass is 363 g/mol. The fraction of sp³-hybridized carbons (Fsp3) is 0.294. The van der Waals surface area contributed by atoms with E-state index in [0.717, 1.165) is 4.88 Å². The maximum Gasteiger partial charge on any atom is 0.264 e. The Bertz CT molecular complexity index is 740. The van der Waals surface area contributed by atoms with Gasteiger partial charge in [0.05, 0.1) is 4.88 Å². The molecule has 1 aromatic carbocycles. The van der Waals surface area contributed by atoms with Gasteiger partial charge in [0.15, 0.2) is 5.11 Å². The van der Waals surface area contributed by atoms with E-state index in [0.29, 0.717) is 42.5 Å². The Morgan fingerprint density at radius 3 is 2.54 bits per heavy atom. The molecule has 4 nitrogen and oxygen atoms in total. The van der Waals surface area contributed by atoms with Crippen molar-refractivity contribution in [2.24, 2.45) is 0 Å². The van der Waals surface area contributed by atoms with Gasteiger partial charge in [0, 0.05) is 31.9 Å². The molecule has 1 amide bonds. The largest absolute Gasteiger partial charge is 0.345 e. The third kappa shape index (κ3) is 3.73. The van der Waals surface area contributed by atoms with Crippen LogP contribution in [0.25, 0.3) is 0 Å². The number of thiocarbonyl (C=S) groups is 1. The third-order valence-electron chi connectivity index (χ3n) is 4.01. The third-order valence-corrected chi connectivity index (χ3v) is 5.23. The zero-order chi connectivity index (χ0) is 17.1. The zero-order valence-electron chi connectivity index (χ0n) is 13.3. The van der Waals surface area contributed by atoms with Gasteiger partial charge in [-0.3, -0.25) is 4.79 Å². The van der Waals surface area contributed by atoms with Gasteiger partial charge in [-0.05, 0) is 48.3 Å². The van der Waals surface area contributed by atoms with Crippen molar-refractivity contribution in [3.05, 3.63) is 52.0 Å². The summed E-state index contributed by atoms with van der Waals surface area (Å²) in [5.74, 6) is -0.182. The smallest absolute Gasteiger partial charge is 0.264 e. The van der Waals surface area contributed by atoms with Gasteiger partial charge in [0.25, 0.3) is 5.91 Å². The summed E-state index contributed by atoms with van der Waals surface area (Å²) in [6.45, 7) is 4.30. The Hall–Kier alpha value is -1.99. The summed E-state index contributed by atoms with van der Waals surface area (Å²) < 4.78 is 13.6. The average Bonchev–Trinajstić information content (AvgIpc) is 3.12. The highest BCUT2D eigenvalue weighted by Crippen LogP contribution is 2.16. The Balaban J connectivity index is 1.55. The van der Waals surface area contributed by atoms with Crippen molar-refractivity contribution in [1.29, 1.82) is 0 Å². The van der Waals surface area contributed by atoms with Crippen LogP contribution in [-0.4, -0.2) is 47.0 Å². The van der Waals surface area contributed by atoms with E-state index < -0.39 is 0 Å². The summed E-state index contributed by atoms with van der Waals surface area (Å²) in [7, 11) is 0. The number of aryl methyl sites for hydroxylation is 1. The summed E-state index contributed by atoms with van der Waals surface area (Å²) in [5.41, 5.74) is 1.24. The van der Waals surface area contributed by atoms with Crippen LogP contribution in [-0.2, 0) is 0 Å². The second-order valence-electron chi connectivity index (χ2n) is 5.65. The van der Waals surface area contributed by atoms with Crippen molar-refractivity contribution in [3.63, 3.8) is 0 Å². The summed E-state index contributed by atoms with van der Waals surface area (Å²) in [5, 5.41) is 5.53. The number of carbonyl (C=O) groups excluding carboxylic acids is 1. The lowest BCUT2D eigenvalue weighted by Gasteiger charge is -2.36. The van der Waals surface area contributed by atoms with E-state index >= 15 is 0 Å². The van der Waals surface area contributed by atoms with E-state index in [1.54, 1.807) is 19.1 Å². The lowest BCUT2D eigenvalue weighted by atomic mass is 10.2. The van der Waals surface area contributed by atoms with Crippen LogP contribution in [0.5, 0.6) is 0 Å². The SMILES string of the molecule is Cc1ccc(NC(=S)N2CCN(C(=O)c3cccs3)CC2)cc1F. The van der Waals surface area contributed by atoms with Crippen LogP contribution in [0.1, 0.15) is 15.2 Å². The van der Waals surface area contributed by atoms with Crippen molar-refractivity contribution in [1.82, 2.24) is 9.80 Å². The number of carbonyl (C=O) groups is 1. The number of hydrogen-bond donors (Lipinski definition) is 1. The predicted molar refractivity (Wildman–Crippen MR) is 99.2 cm³/mol. The molecule has 0 radical (unpaired) electrons. The highest BCUT2D eigenvalue weighted by Gasteiger charge is 2.23. The van der Waals surface area contributed by atoms with Crippen LogP contribution < -0.4 is 5.32 Å². The zero-order valence-corrected chi connectivity index (χ0v) is 14.9. The fourth-order valence-corrected chi connectivity index (χ4v) is 3.53. The molecule has 7 heteroatoms. The molecular formula is C17H18FN3OS2. The molecule has 24 heavy (non-hydrogen) atoms. The Kier molecular flexibility index (Phi) is 5.11. The molecule has 1 aliphatic rings. The topological polar surface area (TPSA) is 35.6 Å². The predicted octanol–water partition coefficient (Wildman–Crippen LogP) is 3.35. The minimum Gasteiger partial charge on any atom is -0.345 e. The van der Waals surface area contributed by atoms with Gasteiger partial charge in [-0.2, -0.15) is 0 Å². The van der Waals surface area contributed by atoms with Crippen molar-refractivity contribution in [3.8, 4) is 0 Å². The number of benzene rings is 1. The first-order chi connectivity index (χ1) is 11.5. The molecule has 1 aromatic heterocycles. The van der Waals surface area contributed by atoms with Gasteiger partial charge in [-0.1, -0.05) is 12.1 Å². The molecule has 2 aromatic rings. The minimum absolute atomic E-state index is 0.0733. The molecule has 0 saturated carbocycles. The Labute approximate surface area is 149 Å². The van der Waals surface area contributed by atoms with E-state index in [2.05, 4.69) is 5.32 Å². The molecule has 3 rings (SSSR count). The van der Waals surface area contributed by atoms with Gasteiger partial charge in [-0.25, -0.2) is 4.39 Å². The van der Waals surface area contributed by atoms with Gasteiger partial charge < -0.3 is 15.1 Å². The molecule has 0 spiro atoms. The second-order valence-corrected chi connectivity index (χ2v) is 6.99. The number of thiophene rings is 1. The number of hydrogen-bond acceptors (Lipinski definition) is 3. The van der Waals surface area contributed by atoms with Gasteiger partial charge in [0.2, 0.25) is 0 Å². The number of nitrogens with one attached hydrogen (secondary N) is 1. The first-order valence-corrected chi connectivity index (χ1v) is 8.98. The van der Waals surface area contributed by atoms with E-state index in [9.17, 15) is 9.18 Å². The molecule has 1 N–H and O–H groups in total. The maximum absolute atomic E-state index is 13.6. The summed E-state index contributed by atoms with van der Waals surface area (Å²) in [6, 6.07) is 8.70. The van der Waals surface area contributed by atoms with E-state index in [1.165, 1.54) is 17.4 Å². The van der Waals surface area contributed by atoms with Crippen LogP contribution >= 0.6 is 23.6 Å².